The lowest BCUT2D eigenvalue weighted by atomic mass is 10.1. The zero-order valence-electron chi connectivity index (χ0n) is 19.7. The van der Waals surface area contributed by atoms with Crippen LogP contribution in [0.15, 0.2) is 77.8 Å². The number of para-hydroxylation sites is 1. The van der Waals surface area contributed by atoms with Crippen molar-refractivity contribution in [1.29, 1.82) is 0 Å². The van der Waals surface area contributed by atoms with Gasteiger partial charge in [0.2, 0.25) is 10.0 Å². The molecule has 2 aromatic carbocycles. The number of aliphatic carboxylic acids is 1. The summed E-state index contributed by atoms with van der Waals surface area (Å²) in [6, 6.07) is 18.8. The molecule has 9 nitrogen and oxygen atoms in total. The van der Waals surface area contributed by atoms with Gasteiger partial charge in [0, 0.05) is 36.3 Å². The van der Waals surface area contributed by atoms with Crippen LogP contribution in [-0.4, -0.2) is 58.3 Å². The molecule has 0 unspecified atom stereocenters. The van der Waals surface area contributed by atoms with Crippen LogP contribution in [-0.2, 0) is 27.7 Å². The summed E-state index contributed by atoms with van der Waals surface area (Å²) in [5, 5.41) is 14.8. The van der Waals surface area contributed by atoms with Gasteiger partial charge in [-0.15, -0.1) is 0 Å². The summed E-state index contributed by atoms with van der Waals surface area (Å²) in [6.45, 7) is 0.212. The molecular formula is C26H26N4O5S. The molecular weight excluding hydrogens is 480 g/mol. The fourth-order valence-electron chi connectivity index (χ4n) is 4.87. The van der Waals surface area contributed by atoms with Crippen LogP contribution in [0.5, 0.6) is 5.75 Å². The number of pyridine rings is 1. The Kier molecular flexibility index (Phi) is 6.46. The number of sulfonamides is 1. The average molecular weight is 507 g/mol. The van der Waals surface area contributed by atoms with Crippen molar-refractivity contribution in [2.45, 2.75) is 36.2 Å². The van der Waals surface area contributed by atoms with Crippen molar-refractivity contribution in [2.24, 2.45) is 0 Å². The van der Waals surface area contributed by atoms with Crippen molar-refractivity contribution in [1.82, 2.24) is 19.1 Å². The minimum Gasteiger partial charge on any atom is -0.497 e. The molecule has 0 saturated carbocycles. The van der Waals surface area contributed by atoms with Gasteiger partial charge in [-0.05, 0) is 48.9 Å². The second-order valence-corrected chi connectivity index (χ2v) is 10.7. The van der Waals surface area contributed by atoms with E-state index in [0.29, 0.717) is 24.3 Å². The molecule has 3 heterocycles. The van der Waals surface area contributed by atoms with Gasteiger partial charge >= 0.3 is 5.97 Å². The van der Waals surface area contributed by atoms with E-state index in [-0.39, 0.29) is 29.9 Å². The van der Waals surface area contributed by atoms with Crippen LogP contribution in [0.4, 0.5) is 0 Å². The van der Waals surface area contributed by atoms with E-state index in [1.807, 2.05) is 42.5 Å². The Bertz CT molecular complexity index is 1490. The number of methoxy groups -OCH3 is 1. The summed E-state index contributed by atoms with van der Waals surface area (Å²) >= 11 is 0. The third-order valence-electron chi connectivity index (χ3n) is 6.53. The van der Waals surface area contributed by atoms with E-state index in [1.165, 1.54) is 11.4 Å². The molecule has 2 aromatic heterocycles. The van der Waals surface area contributed by atoms with Gasteiger partial charge in [0.1, 0.15) is 5.75 Å². The Hall–Kier alpha value is -3.76. The van der Waals surface area contributed by atoms with Gasteiger partial charge in [0.25, 0.3) is 0 Å². The second-order valence-electron chi connectivity index (χ2n) is 8.80. The molecule has 1 aliphatic heterocycles. The third-order valence-corrected chi connectivity index (χ3v) is 8.47. The Morgan fingerprint density at radius 1 is 1.08 bits per heavy atom. The van der Waals surface area contributed by atoms with E-state index >= 15 is 0 Å². The number of carbonyl (C=O) groups is 1. The highest BCUT2D eigenvalue weighted by Gasteiger charge is 2.42. The van der Waals surface area contributed by atoms with Crippen LogP contribution in [0.3, 0.4) is 0 Å². The number of carboxylic acid groups (broad SMARTS) is 1. The van der Waals surface area contributed by atoms with Crippen LogP contribution in [0.25, 0.3) is 10.9 Å². The predicted molar refractivity (Wildman–Crippen MR) is 133 cm³/mol. The number of fused-ring (bicyclic) bond motifs is 1. The molecule has 2 atom stereocenters. The zero-order valence-corrected chi connectivity index (χ0v) is 20.5. The van der Waals surface area contributed by atoms with Crippen molar-refractivity contribution >= 4 is 26.9 Å². The van der Waals surface area contributed by atoms with Crippen LogP contribution in [0.1, 0.15) is 23.9 Å². The van der Waals surface area contributed by atoms with E-state index in [2.05, 4.69) is 10.1 Å². The van der Waals surface area contributed by atoms with Crippen molar-refractivity contribution in [3.63, 3.8) is 0 Å². The lowest BCUT2D eigenvalue weighted by Crippen LogP contribution is -2.37. The predicted octanol–water partition coefficient (Wildman–Crippen LogP) is 3.31. The van der Waals surface area contributed by atoms with Gasteiger partial charge in [-0.25, -0.2) is 8.42 Å². The number of carboxylic acids is 1. The van der Waals surface area contributed by atoms with Crippen molar-refractivity contribution < 1.29 is 23.1 Å². The van der Waals surface area contributed by atoms with E-state index in [0.717, 1.165) is 16.6 Å². The average Bonchev–Trinajstić information content (AvgIpc) is 3.46. The largest absolute Gasteiger partial charge is 0.497 e. The lowest BCUT2D eigenvalue weighted by molar-refractivity contribution is -0.136. The Labute approximate surface area is 209 Å². The van der Waals surface area contributed by atoms with Gasteiger partial charge in [-0.3, -0.25) is 14.5 Å². The first-order valence-corrected chi connectivity index (χ1v) is 13.0. The highest BCUT2D eigenvalue weighted by atomic mass is 32.2. The number of hydrogen-bond donors (Lipinski definition) is 1. The molecule has 1 fully saturated rings. The number of ether oxygens (including phenoxy) is 1. The molecule has 0 bridgehead atoms. The maximum absolute atomic E-state index is 13.8. The molecule has 10 heteroatoms. The Morgan fingerprint density at radius 3 is 2.53 bits per heavy atom. The first-order valence-electron chi connectivity index (χ1n) is 11.6. The normalized spacial score (nSPS) is 18.5. The smallest absolute Gasteiger partial charge is 0.309 e. The summed E-state index contributed by atoms with van der Waals surface area (Å²) in [5.74, 6) is -0.388. The summed E-state index contributed by atoms with van der Waals surface area (Å²) in [6.07, 6.45) is 2.47. The summed E-state index contributed by atoms with van der Waals surface area (Å²) in [4.78, 5) is 16.0. The van der Waals surface area contributed by atoms with Crippen molar-refractivity contribution in [3.05, 3.63) is 84.3 Å². The van der Waals surface area contributed by atoms with Crippen LogP contribution < -0.4 is 4.74 Å². The van der Waals surface area contributed by atoms with E-state index < -0.39 is 16.0 Å². The third kappa shape index (κ3) is 4.57. The highest BCUT2D eigenvalue weighted by Crippen LogP contribution is 2.36. The summed E-state index contributed by atoms with van der Waals surface area (Å²) in [7, 11) is -2.29. The molecule has 0 amide bonds. The number of rotatable bonds is 8. The number of nitrogens with zero attached hydrogens (tertiary/aromatic N) is 4. The maximum Gasteiger partial charge on any atom is 0.309 e. The van der Waals surface area contributed by atoms with Crippen LogP contribution in [0, 0.1) is 0 Å². The maximum atomic E-state index is 13.8. The standard InChI is InChI=1S/C26H26N4O5S/c1-35-21-9-11-22(12-10-21)36(33,34)29-17-20(15-19(29)14-18-6-4-5-13-27-18)30-25-8-3-2-7-23(25)24(28-30)16-26(31)32/h2-13,19-20H,14-17H2,1H3,(H,31,32)/t19-,20+/m0/s1. The highest BCUT2D eigenvalue weighted by molar-refractivity contribution is 7.89. The monoisotopic (exact) mass is 506 g/mol. The second kappa shape index (κ2) is 9.71. The first kappa shape index (κ1) is 24.0. The van der Waals surface area contributed by atoms with Crippen molar-refractivity contribution in [3.8, 4) is 5.75 Å². The van der Waals surface area contributed by atoms with Gasteiger partial charge in [0.05, 0.1) is 35.7 Å². The summed E-state index contributed by atoms with van der Waals surface area (Å²) in [5.41, 5.74) is 2.06. The van der Waals surface area contributed by atoms with E-state index in [1.54, 1.807) is 35.1 Å². The quantitative estimate of drug-likeness (QED) is 0.390. The molecule has 0 spiro atoms. The topological polar surface area (TPSA) is 115 Å². The fraction of sp³-hybridized carbons (Fsp3) is 0.269. The van der Waals surface area contributed by atoms with E-state index in [4.69, 9.17) is 4.74 Å². The molecule has 1 N–H and O–H groups in total. The minimum absolute atomic E-state index is 0.187. The lowest BCUT2D eigenvalue weighted by Gasteiger charge is -2.23. The molecule has 0 aliphatic carbocycles. The number of hydrogen-bond acceptors (Lipinski definition) is 6. The molecule has 0 radical (unpaired) electrons. The SMILES string of the molecule is COc1ccc(S(=O)(=O)N2C[C@H](n3nc(CC(=O)O)c4ccccc43)C[C@@H]2Cc2ccccn2)cc1. The Morgan fingerprint density at radius 2 is 1.83 bits per heavy atom. The summed E-state index contributed by atoms with van der Waals surface area (Å²) < 4.78 is 36.1. The molecule has 1 aliphatic rings. The first-order chi connectivity index (χ1) is 17.4. The number of benzene rings is 2. The molecule has 36 heavy (non-hydrogen) atoms. The minimum atomic E-state index is -3.82. The van der Waals surface area contributed by atoms with Crippen molar-refractivity contribution in [2.75, 3.05) is 13.7 Å². The van der Waals surface area contributed by atoms with Gasteiger partial charge in [-0.2, -0.15) is 9.40 Å². The fourth-order valence-corrected chi connectivity index (χ4v) is 6.54. The van der Waals surface area contributed by atoms with Crippen LogP contribution >= 0.6 is 0 Å². The molecule has 4 aromatic rings. The zero-order chi connectivity index (χ0) is 25.3. The molecule has 186 valence electrons. The number of aromatic nitrogens is 3. The van der Waals surface area contributed by atoms with Gasteiger partial charge in [-0.1, -0.05) is 24.3 Å². The van der Waals surface area contributed by atoms with E-state index in [9.17, 15) is 18.3 Å². The molecule has 1 saturated heterocycles. The van der Waals surface area contributed by atoms with Gasteiger partial charge in [0.15, 0.2) is 0 Å². The molecule has 5 rings (SSSR count). The van der Waals surface area contributed by atoms with Gasteiger partial charge < -0.3 is 9.84 Å². The Balaban J connectivity index is 1.54. The van der Waals surface area contributed by atoms with Crippen LogP contribution in [0.2, 0.25) is 0 Å².